The predicted octanol–water partition coefficient (Wildman–Crippen LogP) is 3.22. The van der Waals surface area contributed by atoms with E-state index in [9.17, 15) is 13.2 Å². The Morgan fingerprint density at radius 2 is 1.88 bits per heavy atom. The lowest BCUT2D eigenvalue weighted by Crippen LogP contribution is -2.16. The standard InChI is InChI=1S/C16H17ClN2O3S2/c1-3-24(21,22)10-14-8-9-15(23-14)16(19-18-11(2)20)12-4-6-13(17)7-5-12/h4-9H,3,10H2,1-2H3,(H,18,20). The SMILES string of the molecule is CCS(=O)(=O)Cc1ccc(C(=NNC(C)=O)c2ccc(Cl)cc2)s1. The van der Waals surface area contributed by atoms with Gasteiger partial charge in [0.25, 0.3) is 0 Å². The maximum absolute atomic E-state index is 11.8. The first-order valence-electron chi connectivity index (χ1n) is 7.20. The lowest BCUT2D eigenvalue weighted by Gasteiger charge is -2.05. The fraction of sp³-hybridized carbons (Fsp3) is 0.250. The molecule has 128 valence electrons. The molecule has 8 heteroatoms. The molecule has 0 fully saturated rings. The van der Waals surface area contributed by atoms with Crippen LogP contribution in [-0.2, 0) is 20.4 Å². The van der Waals surface area contributed by atoms with Crippen molar-refractivity contribution in [2.45, 2.75) is 19.6 Å². The Bertz CT molecular complexity index is 856. The summed E-state index contributed by atoms with van der Waals surface area (Å²) in [6.45, 7) is 3.00. The number of hydrazone groups is 1. The van der Waals surface area contributed by atoms with E-state index in [1.165, 1.54) is 18.3 Å². The molecule has 0 aliphatic heterocycles. The Morgan fingerprint density at radius 1 is 1.21 bits per heavy atom. The summed E-state index contributed by atoms with van der Waals surface area (Å²) >= 11 is 7.25. The summed E-state index contributed by atoms with van der Waals surface area (Å²) in [5, 5.41) is 4.75. The molecule has 1 amide bonds. The van der Waals surface area contributed by atoms with Gasteiger partial charge in [0.1, 0.15) is 5.71 Å². The van der Waals surface area contributed by atoms with Crippen LogP contribution in [0.3, 0.4) is 0 Å². The van der Waals surface area contributed by atoms with Crippen molar-refractivity contribution in [3.63, 3.8) is 0 Å². The molecular formula is C16H17ClN2O3S2. The average molecular weight is 385 g/mol. The minimum Gasteiger partial charge on any atom is -0.274 e. The second-order valence-electron chi connectivity index (χ2n) is 5.08. The van der Waals surface area contributed by atoms with E-state index < -0.39 is 9.84 Å². The normalized spacial score (nSPS) is 12.2. The summed E-state index contributed by atoms with van der Waals surface area (Å²) in [6, 6.07) is 10.6. The van der Waals surface area contributed by atoms with Gasteiger partial charge in [0.05, 0.1) is 10.6 Å². The first-order valence-corrected chi connectivity index (χ1v) is 10.2. The number of carbonyl (C=O) groups excluding carboxylic acids is 1. The van der Waals surface area contributed by atoms with Gasteiger partial charge in [-0.05, 0) is 24.3 Å². The fourth-order valence-electron chi connectivity index (χ4n) is 1.91. The van der Waals surface area contributed by atoms with E-state index in [1.807, 2.05) is 0 Å². The van der Waals surface area contributed by atoms with E-state index in [0.29, 0.717) is 10.7 Å². The zero-order valence-corrected chi connectivity index (χ0v) is 15.6. The maximum atomic E-state index is 11.8. The third kappa shape index (κ3) is 5.15. The quantitative estimate of drug-likeness (QED) is 0.613. The van der Waals surface area contributed by atoms with Gasteiger partial charge in [-0.3, -0.25) is 4.79 Å². The van der Waals surface area contributed by atoms with E-state index in [2.05, 4.69) is 10.5 Å². The monoisotopic (exact) mass is 384 g/mol. The molecule has 0 bridgehead atoms. The van der Waals surface area contributed by atoms with Crippen LogP contribution in [0.1, 0.15) is 29.2 Å². The summed E-state index contributed by atoms with van der Waals surface area (Å²) in [7, 11) is -3.10. The second-order valence-corrected chi connectivity index (χ2v) is 9.04. The maximum Gasteiger partial charge on any atom is 0.236 e. The van der Waals surface area contributed by atoms with Crippen LogP contribution in [0.15, 0.2) is 41.5 Å². The van der Waals surface area contributed by atoms with Crippen LogP contribution in [0.5, 0.6) is 0 Å². The molecule has 0 atom stereocenters. The van der Waals surface area contributed by atoms with Crippen LogP contribution in [-0.4, -0.2) is 25.8 Å². The smallest absolute Gasteiger partial charge is 0.236 e. The Hall–Kier alpha value is -1.70. The molecule has 2 aromatic rings. The first-order chi connectivity index (χ1) is 11.3. The van der Waals surface area contributed by atoms with Crippen LogP contribution in [0.25, 0.3) is 0 Å². The van der Waals surface area contributed by atoms with Crippen molar-refractivity contribution >= 4 is 44.4 Å². The Morgan fingerprint density at radius 3 is 2.46 bits per heavy atom. The van der Waals surface area contributed by atoms with E-state index in [4.69, 9.17) is 11.6 Å². The number of benzene rings is 1. The van der Waals surface area contributed by atoms with Gasteiger partial charge >= 0.3 is 0 Å². The highest BCUT2D eigenvalue weighted by atomic mass is 35.5. The summed E-state index contributed by atoms with van der Waals surface area (Å²) in [5.74, 6) is -0.182. The molecule has 24 heavy (non-hydrogen) atoms. The largest absolute Gasteiger partial charge is 0.274 e. The van der Waals surface area contributed by atoms with E-state index in [1.54, 1.807) is 43.3 Å². The zero-order chi connectivity index (χ0) is 17.7. The first kappa shape index (κ1) is 18.6. The van der Waals surface area contributed by atoms with E-state index in [0.717, 1.165) is 15.3 Å². The highest BCUT2D eigenvalue weighted by Crippen LogP contribution is 2.23. The van der Waals surface area contributed by atoms with Crippen molar-refractivity contribution < 1.29 is 13.2 Å². The van der Waals surface area contributed by atoms with Gasteiger partial charge in [-0.1, -0.05) is 30.7 Å². The summed E-state index contributed by atoms with van der Waals surface area (Å²) in [5.41, 5.74) is 3.77. The molecule has 1 aromatic carbocycles. The van der Waals surface area contributed by atoms with Gasteiger partial charge in [-0.2, -0.15) is 5.10 Å². The third-order valence-electron chi connectivity index (χ3n) is 3.14. The summed E-state index contributed by atoms with van der Waals surface area (Å²) in [4.78, 5) is 12.7. The minimum atomic E-state index is -3.10. The van der Waals surface area contributed by atoms with Crippen molar-refractivity contribution in [1.29, 1.82) is 0 Å². The molecule has 0 aliphatic carbocycles. The van der Waals surface area contributed by atoms with Crippen molar-refractivity contribution in [3.05, 3.63) is 56.7 Å². The number of nitrogens with one attached hydrogen (secondary N) is 1. The highest BCUT2D eigenvalue weighted by molar-refractivity contribution is 7.90. The molecule has 0 spiro atoms. The van der Waals surface area contributed by atoms with Crippen LogP contribution in [0.4, 0.5) is 0 Å². The van der Waals surface area contributed by atoms with Crippen LogP contribution >= 0.6 is 22.9 Å². The predicted molar refractivity (Wildman–Crippen MR) is 98.4 cm³/mol. The lowest BCUT2D eigenvalue weighted by atomic mass is 10.1. The molecule has 1 N–H and O–H groups in total. The molecule has 5 nitrogen and oxygen atoms in total. The van der Waals surface area contributed by atoms with E-state index >= 15 is 0 Å². The third-order valence-corrected chi connectivity index (χ3v) is 6.30. The van der Waals surface area contributed by atoms with Crippen molar-refractivity contribution in [2.24, 2.45) is 5.10 Å². The van der Waals surface area contributed by atoms with Crippen molar-refractivity contribution in [1.82, 2.24) is 5.43 Å². The molecule has 0 radical (unpaired) electrons. The fourth-order valence-corrected chi connectivity index (χ4v) is 4.35. The molecule has 1 heterocycles. The van der Waals surface area contributed by atoms with Gasteiger partial charge in [0.15, 0.2) is 9.84 Å². The van der Waals surface area contributed by atoms with Crippen molar-refractivity contribution in [2.75, 3.05) is 5.75 Å². The Balaban J connectivity index is 2.38. The van der Waals surface area contributed by atoms with Gasteiger partial charge in [0.2, 0.25) is 5.91 Å². The summed E-state index contributed by atoms with van der Waals surface area (Å²) in [6.07, 6.45) is 0. The van der Waals surface area contributed by atoms with Crippen LogP contribution < -0.4 is 5.43 Å². The minimum absolute atomic E-state index is 0.00218. The van der Waals surface area contributed by atoms with Crippen LogP contribution in [0.2, 0.25) is 5.02 Å². The number of hydrogen-bond donors (Lipinski definition) is 1. The Kier molecular flexibility index (Phi) is 6.15. The van der Waals surface area contributed by atoms with Gasteiger partial charge in [-0.15, -0.1) is 11.3 Å². The molecule has 0 saturated heterocycles. The number of sulfone groups is 1. The molecule has 0 saturated carbocycles. The Labute approximate surface area is 150 Å². The molecule has 0 unspecified atom stereocenters. The highest BCUT2D eigenvalue weighted by Gasteiger charge is 2.15. The number of carbonyl (C=O) groups is 1. The lowest BCUT2D eigenvalue weighted by molar-refractivity contribution is -0.118. The molecular weight excluding hydrogens is 368 g/mol. The van der Waals surface area contributed by atoms with Crippen LogP contribution in [0, 0.1) is 0 Å². The number of nitrogens with zero attached hydrogens (tertiary/aromatic N) is 1. The molecule has 0 aliphatic rings. The summed E-state index contributed by atoms with van der Waals surface area (Å²) < 4.78 is 23.6. The van der Waals surface area contributed by atoms with Gasteiger partial charge < -0.3 is 0 Å². The average Bonchev–Trinajstić information content (AvgIpc) is 2.96. The van der Waals surface area contributed by atoms with Crippen molar-refractivity contribution in [3.8, 4) is 0 Å². The topological polar surface area (TPSA) is 75.6 Å². The van der Waals surface area contributed by atoms with Gasteiger partial charge in [-0.25, -0.2) is 13.8 Å². The molecule has 1 aromatic heterocycles. The number of halogens is 1. The number of amides is 1. The zero-order valence-electron chi connectivity index (χ0n) is 13.2. The number of rotatable bonds is 6. The molecule has 2 rings (SSSR count). The second kappa shape index (κ2) is 7.92. The van der Waals surface area contributed by atoms with Gasteiger partial charge in [0, 0.05) is 28.1 Å². The number of hydrogen-bond acceptors (Lipinski definition) is 5. The number of thiophene rings is 1. The van der Waals surface area contributed by atoms with E-state index in [-0.39, 0.29) is 17.4 Å².